The molecular formula is C14H21N3OS. The number of aryl methyl sites for hydroxylation is 2. The highest BCUT2D eigenvalue weighted by molar-refractivity contribution is 8.14. The van der Waals surface area contributed by atoms with Crippen LogP contribution in [-0.4, -0.2) is 21.4 Å². The van der Waals surface area contributed by atoms with Gasteiger partial charge >= 0.3 is 0 Å². The van der Waals surface area contributed by atoms with Crippen LogP contribution in [-0.2, 0) is 6.54 Å². The van der Waals surface area contributed by atoms with Crippen molar-refractivity contribution >= 4 is 16.9 Å². The number of hydrogen-bond acceptors (Lipinski definition) is 4. The zero-order valence-electron chi connectivity index (χ0n) is 11.7. The Morgan fingerprint density at radius 1 is 1.32 bits per heavy atom. The Bertz CT molecular complexity index is 469. The molecule has 2 fully saturated rings. The van der Waals surface area contributed by atoms with Crippen LogP contribution in [0, 0.1) is 13.8 Å². The Morgan fingerprint density at radius 3 is 2.79 bits per heavy atom. The van der Waals surface area contributed by atoms with Crippen LogP contribution in [0.15, 0.2) is 9.41 Å². The molecule has 0 aromatic carbocycles. The first-order valence-corrected chi connectivity index (χ1v) is 8.04. The number of nitrogens with one attached hydrogen (secondary N) is 1. The number of hydrogen-bond donors (Lipinski definition) is 1. The van der Waals surface area contributed by atoms with E-state index in [9.17, 15) is 0 Å². The third-order valence-electron chi connectivity index (χ3n) is 4.10. The molecule has 1 aromatic rings. The first kappa shape index (κ1) is 13.0. The summed E-state index contributed by atoms with van der Waals surface area (Å²) < 4.78 is 5.56. The Morgan fingerprint density at radius 2 is 2.11 bits per heavy atom. The van der Waals surface area contributed by atoms with Crippen molar-refractivity contribution in [2.45, 2.75) is 58.0 Å². The second-order valence-electron chi connectivity index (χ2n) is 5.63. The van der Waals surface area contributed by atoms with E-state index < -0.39 is 0 Å². The quantitative estimate of drug-likeness (QED) is 0.903. The Kier molecular flexibility index (Phi) is 3.56. The second-order valence-corrected chi connectivity index (χ2v) is 6.59. The van der Waals surface area contributed by atoms with Crippen molar-refractivity contribution in [1.29, 1.82) is 0 Å². The third kappa shape index (κ3) is 2.81. The number of oxazole rings is 1. The summed E-state index contributed by atoms with van der Waals surface area (Å²) in [4.78, 5) is 8.97. The molecule has 0 unspecified atom stereocenters. The molecule has 2 heterocycles. The lowest BCUT2D eigenvalue weighted by atomic mass is 9.83. The fraction of sp³-hybridized carbons (Fsp3) is 0.714. The molecular weight excluding hydrogens is 258 g/mol. The van der Waals surface area contributed by atoms with Gasteiger partial charge in [0.25, 0.3) is 0 Å². The molecule has 2 aliphatic rings. The van der Waals surface area contributed by atoms with Gasteiger partial charge in [-0.15, -0.1) is 0 Å². The minimum atomic E-state index is 0.324. The molecule has 4 nitrogen and oxygen atoms in total. The first-order chi connectivity index (χ1) is 9.17. The van der Waals surface area contributed by atoms with Crippen molar-refractivity contribution in [2.24, 2.45) is 4.99 Å². The van der Waals surface area contributed by atoms with Gasteiger partial charge in [0.2, 0.25) is 5.89 Å². The van der Waals surface area contributed by atoms with Crippen molar-refractivity contribution in [3.8, 4) is 0 Å². The van der Waals surface area contributed by atoms with E-state index in [0.29, 0.717) is 12.1 Å². The number of aromatic nitrogens is 1. The van der Waals surface area contributed by atoms with E-state index in [0.717, 1.165) is 28.3 Å². The van der Waals surface area contributed by atoms with Gasteiger partial charge in [0.05, 0.1) is 5.69 Å². The fourth-order valence-corrected chi connectivity index (χ4v) is 4.05. The molecule has 1 aliphatic heterocycles. The Hall–Kier alpha value is -0.970. The van der Waals surface area contributed by atoms with Gasteiger partial charge in [0.15, 0.2) is 5.17 Å². The highest BCUT2D eigenvalue weighted by Crippen LogP contribution is 2.36. The molecule has 0 amide bonds. The summed E-state index contributed by atoms with van der Waals surface area (Å²) in [6.07, 6.45) is 6.65. The van der Waals surface area contributed by atoms with Gasteiger partial charge in [0.1, 0.15) is 12.3 Å². The highest BCUT2D eigenvalue weighted by Gasteiger charge is 2.37. The van der Waals surface area contributed by atoms with Gasteiger partial charge in [0, 0.05) is 11.3 Å². The van der Waals surface area contributed by atoms with Crippen LogP contribution >= 0.6 is 11.8 Å². The molecule has 1 saturated heterocycles. The van der Waals surface area contributed by atoms with E-state index in [1.165, 1.54) is 32.1 Å². The van der Waals surface area contributed by atoms with Gasteiger partial charge in [-0.25, -0.2) is 4.98 Å². The molecule has 1 aromatic heterocycles. The van der Waals surface area contributed by atoms with E-state index in [2.05, 4.69) is 15.3 Å². The first-order valence-electron chi connectivity index (χ1n) is 7.05. The molecule has 1 spiro atoms. The number of amidine groups is 1. The smallest absolute Gasteiger partial charge is 0.216 e. The number of rotatable bonds is 2. The SMILES string of the molecule is Cc1nc(CN=C2NC3(CCCCC3)CS2)oc1C. The van der Waals surface area contributed by atoms with Crippen molar-refractivity contribution in [1.82, 2.24) is 10.3 Å². The average Bonchev–Trinajstić information content (AvgIpc) is 2.93. The predicted molar refractivity (Wildman–Crippen MR) is 78.5 cm³/mol. The summed E-state index contributed by atoms with van der Waals surface area (Å²) in [5, 5.41) is 4.71. The van der Waals surface area contributed by atoms with E-state index >= 15 is 0 Å². The number of thioether (sulfide) groups is 1. The van der Waals surface area contributed by atoms with Crippen molar-refractivity contribution in [3.05, 3.63) is 17.3 Å². The molecule has 0 atom stereocenters. The Labute approximate surface area is 118 Å². The minimum Gasteiger partial charge on any atom is -0.444 e. The van der Waals surface area contributed by atoms with Gasteiger partial charge in [-0.2, -0.15) is 0 Å². The molecule has 1 saturated carbocycles. The number of aliphatic imine (C=N–C) groups is 1. The van der Waals surface area contributed by atoms with Crippen molar-refractivity contribution in [3.63, 3.8) is 0 Å². The van der Waals surface area contributed by atoms with E-state index in [-0.39, 0.29) is 0 Å². The number of nitrogens with zero attached hydrogens (tertiary/aromatic N) is 2. The standard InChI is InChI=1S/C14H21N3OS/c1-10-11(2)18-12(16-10)8-15-13-17-14(9-19-13)6-4-3-5-7-14/h3-9H2,1-2H3,(H,15,17). The fourth-order valence-electron chi connectivity index (χ4n) is 2.83. The maximum Gasteiger partial charge on any atom is 0.216 e. The summed E-state index contributed by atoms with van der Waals surface area (Å²) in [5.74, 6) is 2.77. The molecule has 3 rings (SSSR count). The summed E-state index contributed by atoms with van der Waals surface area (Å²) >= 11 is 1.85. The molecule has 0 radical (unpaired) electrons. The highest BCUT2D eigenvalue weighted by atomic mass is 32.2. The lowest BCUT2D eigenvalue weighted by Crippen LogP contribution is -2.45. The lowest BCUT2D eigenvalue weighted by Gasteiger charge is -2.32. The van der Waals surface area contributed by atoms with Gasteiger partial charge in [-0.1, -0.05) is 31.0 Å². The summed E-state index contributed by atoms with van der Waals surface area (Å²) in [6.45, 7) is 4.45. The average molecular weight is 279 g/mol. The van der Waals surface area contributed by atoms with E-state index in [4.69, 9.17) is 4.42 Å². The lowest BCUT2D eigenvalue weighted by molar-refractivity contribution is 0.303. The molecule has 1 N–H and O–H groups in total. The topological polar surface area (TPSA) is 50.4 Å². The van der Waals surface area contributed by atoms with Gasteiger partial charge in [-0.3, -0.25) is 4.99 Å². The molecule has 104 valence electrons. The van der Waals surface area contributed by atoms with Crippen molar-refractivity contribution in [2.75, 3.05) is 5.75 Å². The maximum atomic E-state index is 5.56. The summed E-state index contributed by atoms with van der Waals surface area (Å²) in [6, 6.07) is 0. The van der Waals surface area contributed by atoms with Gasteiger partial charge < -0.3 is 9.73 Å². The zero-order valence-corrected chi connectivity index (χ0v) is 12.5. The van der Waals surface area contributed by atoms with Crippen LogP contribution in [0.3, 0.4) is 0 Å². The van der Waals surface area contributed by atoms with Crippen LogP contribution in [0.25, 0.3) is 0 Å². The molecule has 0 bridgehead atoms. The monoisotopic (exact) mass is 279 g/mol. The second kappa shape index (κ2) is 5.19. The largest absolute Gasteiger partial charge is 0.444 e. The third-order valence-corrected chi connectivity index (χ3v) is 5.30. The summed E-state index contributed by atoms with van der Waals surface area (Å²) in [7, 11) is 0. The van der Waals surface area contributed by atoms with E-state index in [1.807, 2.05) is 25.6 Å². The zero-order chi connectivity index (χ0) is 13.3. The normalized spacial score (nSPS) is 24.0. The Balaban J connectivity index is 1.62. The molecule has 19 heavy (non-hydrogen) atoms. The van der Waals surface area contributed by atoms with Crippen LogP contribution in [0.2, 0.25) is 0 Å². The minimum absolute atomic E-state index is 0.324. The van der Waals surface area contributed by atoms with E-state index in [1.54, 1.807) is 0 Å². The molecule has 5 heteroatoms. The van der Waals surface area contributed by atoms with Crippen LogP contribution < -0.4 is 5.32 Å². The van der Waals surface area contributed by atoms with Crippen LogP contribution in [0.1, 0.15) is 49.4 Å². The van der Waals surface area contributed by atoms with Crippen LogP contribution in [0.5, 0.6) is 0 Å². The maximum absolute atomic E-state index is 5.56. The predicted octanol–water partition coefficient (Wildman–Crippen LogP) is 3.19. The molecule has 1 aliphatic carbocycles. The van der Waals surface area contributed by atoms with Gasteiger partial charge in [-0.05, 0) is 26.7 Å². The summed E-state index contributed by atoms with van der Waals surface area (Å²) in [5.41, 5.74) is 1.29. The van der Waals surface area contributed by atoms with Crippen molar-refractivity contribution < 1.29 is 4.42 Å². The van der Waals surface area contributed by atoms with Crippen LogP contribution in [0.4, 0.5) is 0 Å².